The number of sulfonamides is 1. The first-order valence-corrected chi connectivity index (χ1v) is 9.53. The number of aromatic nitrogens is 2. The van der Waals surface area contributed by atoms with E-state index < -0.39 is 16.0 Å². The Morgan fingerprint density at radius 3 is 2.69 bits per heavy atom. The standard InChI is InChI=1S/C15H16ClN3O6S/c1-10-17-18-14(25-10)9-24-15(20)11-2-3-12(16)13(8-11)26(21,22)19-4-6-23-7-5-19/h2-3,8H,4-7,9H2,1H3. The second-order valence-corrected chi connectivity index (χ2v) is 7.77. The van der Waals surface area contributed by atoms with Crippen molar-refractivity contribution in [2.24, 2.45) is 0 Å². The van der Waals surface area contributed by atoms with Crippen LogP contribution in [0.15, 0.2) is 27.5 Å². The molecule has 0 saturated carbocycles. The molecule has 1 aliphatic heterocycles. The summed E-state index contributed by atoms with van der Waals surface area (Å²) in [6, 6.07) is 3.94. The average Bonchev–Trinajstić information content (AvgIpc) is 3.06. The van der Waals surface area contributed by atoms with Crippen LogP contribution in [0.2, 0.25) is 5.02 Å². The first-order chi connectivity index (χ1) is 12.4. The van der Waals surface area contributed by atoms with Gasteiger partial charge in [0.15, 0.2) is 6.61 Å². The van der Waals surface area contributed by atoms with Gasteiger partial charge in [-0.2, -0.15) is 4.31 Å². The molecule has 1 aromatic carbocycles. The zero-order chi connectivity index (χ0) is 18.7. The van der Waals surface area contributed by atoms with E-state index in [0.717, 1.165) is 0 Å². The molecule has 2 aromatic rings. The largest absolute Gasteiger partial charge is 0.452 e. The van der Waals surface area contributed by atoms with Crippen LogP contribution in [0.4, 0.5) is 0 Å². The Morgan fingerprint density at radius 2 is 2.04 bits per heavy atom. The van der Waals surface area contributed by atoms with Gasteiger partial charge in [-0.05, 0) is 18.2 Å². The van der Waals surface area contributed by atoms with Crippen LogP contribution in [0, 0.1) is 6.92 Å². The van der Waals surface area contributed by atoms with E-state index in [2.05, 4.69) is 10.2 Å². The molecule has 9 nitrogen and oxygen atoms in total. The molecule has 3 rings (SSSR count). The number of benzene rings is 1. The highest BCUT2D eigenvalue weighted by Gasteiger charge is 2.29. The third-order valence-electron chi connectivity index (χ3n) is 3.65. The molecule has 0 radical (unpaired) electrons. The lowest BCUT2D eigenvalue weighted by Gasteiger charge is -2.26. The van der Waals surface area contributed by atoms with Gasteiger partial charge in [0.2, 0.25) is 15.9 Å². The quantitative estimate of drug-likeness (QED) is 0.691. The number of halogens is 1. The number of esters is 1. The van der Waals surface area contributed by atoms with Crippen molar-refractivity contribution in [3.8, 4) is 0 Å². The highest BCUT2D eigenvalue weighted by Crippen LogP contribution is 2.27. The monoisotopic (exact) mass is 401 g/mol. The van der Waals surface area contributed by atoms with E-state index in [9.17, 15) is 13.2 Å². The molecule has 0 aliphatic carbocycles. The van der Waals surface area contributed by atoms with Gasteiger partial charge in [0, 0.05) is 20.0 Å². The van der Waals surface area contributed by atoms with E-state index in [1.165, 1.54) is 22.5 Å². The summed E-state index contributed by atoms with van der Waals surface area (Å²) in [5, 5.41) is 7.37. The van der Waals surface area contributed by atoms with Gasteiger partial charge in [0.25, 0.3) is 5.89 Å². The Hall–Kier alpha value is -2.01. The molecule has 140 valence electrons. The fourth-order valence-electron chi connectivity index (χ4n) is 2.36. The smallest absolute Gasteiger partial charge is 0.338 e. The van der Waals surface area contributed by atoms with Crippen molar-refractivity contribution in [2.75, 3.05) is 26.3 Å². The third-order valence-corrected chi connectivity index (χ3v) is 6.03. The summed E-state index contributed by atoms with van der Waals surface area (Å²) in [7, 11) is -3.84. The van der Waals surface area contributed by atoms with Gasteiger partial charge < -0.3 is 13.9 Å². The van der Waals surface area contributed by atoms with E-state index in [-0.39, 0.29) is 41.1 Å². The molecular formula is C15H16ClN3O6S. The average molecular weight is 402 g/mol. The molecule has 1 saturated heterocycles. The topological polar surface area (TPSA) is 112 Å². The van der Waals surface area contributed by atoms with E-state index >= 15 is 0 Å². The number of carbonyl (C=O) groups is 1. The molecule has 1 aromatic heterocycles. The molecular weight excluding hydrogens is 386 g/mol. The van der Waals surface area contributed by atoms with Crippen LogP contribution in [-0.2, 0) is 26.1 Å². The minimum Gasteiger partial charge on any atom is -0.452 e. The van der Waals surface area contributed by atoms with Crippen molar-refractivity contribution in [3.63, 3.8) is 0 Å². The van der Waals surface area contributed by atoms with Gasteiger partial charge in [-0.15, -0.1) is 10.2 Å². The number of hydrogen-bond donors (Lipinski definition) is 0. The summed E-state index contributed by atoms with van der Waals surface area (Å²) < 4.78 is 42.2. The molecule has 0 unspecified atom stereocenters. The lowest BCUT2D eigenvalue weighted by molar-refractivity contribution is 0.0436. The van der Waals surface area contributed by atoms with Crippen LogP contribution in [-0.4, -0.2) is 55.2 Å². The molecule has 26 heavy (non-hydrogen) atoms. The van der Waals surface area contributed by atoms with Crippen molar-refractivity contribution < 1.29 is 27.1 Å². The number of nitrogens with zero attached hydrogens (tertiary/aromatic N) is 3. The maximum absolute atomic E-state index is 12.8. The minimum absolute atomic E-state index is 0.0283. The molecule has 0 amide bonds. The fourth-order valence-corrected chi connectivity index (χ4v) is 4.27. The Kier molecular flexibility index (Phi) is 5.56. The normalized spacial score (nSPS) is 15.8. The lowest BCUT2D eigenvalue weighted by atomic mass is 10.2. The van der Waals surface area contributed by atoms with Crippen molar-refractivity contribution >= 4 is 27.6 Å². The second kappa shape index (κ2) is 7.70. The minimum atomic E-state index is -3.84. The molecule has 0 N–H and O–H groups in total. The molecule has 2 heterocycles. The van der Waals surface area contributed by atoms with Crippen molar-refractivity contribution in [1.29, 1.82) is 0 Å². The van der Waals surface area contributed by atoms with Gasteiger partial charge in [0.05, 0.1) is 23.8 Å². The number of ether oxygens (including phenoxy) is 2. The zero-order valence-electron chi connectivity index (χ0n) is 13.8. The zero-order valence-corrected chi connectivity index (χ0v) is 15.4. The summed E-state index contributed by atoms with van der Waals surface area (Å²) in [6.45, 7) is 2.46. The van der Waals surface area contributed by atoms with Crippen molar-refractivity contribution in [1.82, 2.24) is 14.5 Å². The fraction of sp³-hybridized carbons (Fsp3) is 0.400. The number of morpholine rings is 1. The van der Waals surface area contributed by atoms with Gasteiger partial charge in [0.1, 0.15) is 4.90 Å². The Labute approximate surface area is 154 Å². The predicted octanol–water partition coefficient (Wildman–Crippen LogP) is 1.41. The van der Waals surface area contributed by atoms with Crippen molar-refractivity contribution in [3.05, 3.63) is 40.6 Å². The number of aryl methyl sites for hydroxylation is 1. The van der Waals surface area contributed by atoms with Gasteiger partial charge in [-0.1, -0.05) is 11.6 Å². The SMILES string of the molecule is Cc1nnc(COC(=O)c2ccc(Cl)c(S(=O)(=O)N3CCOCC3)c2)o1. The predicted molar refractivity (Wildman–Crippen MR) is 89.2 cm³/mol. The van der Waals surface area contributed by atoms with Gasteiger partial charge in [-0.3, -0.25) is 0 Å². The van der Waals surface area contributed by atoms with Crippen LogP contribution < -0.4 is 0 Å². The van der Waals surface area contributed by atoms with E-state index in [1.54, 1.807) is 6.92 Å². The number of rotatable bonds is 5. The molecule has 0 atom stereocenters. The maximum Gasteiger partial charge on any atom is 0.338 e. The Balaban J connectivity index is 1.79. The van der Waals surface area contributed by atoms with E-state index in [4.69, 9.17) is 25.5 Å². The lowest BCUT2D eigenvalue weighted by Crippen LogP contribution is -2.40. The maximum atomic E-state index is 12.8. The first-order valence-electron chi connectivity index (χ1n) is 7.71. The summed E-state index contributed by atoms with van der Waals surface area (Å²) >= 11 is 6.06. The summed E-state index contributed by atoms with van der Waals surface area (Å²) in [5.41, 5.74) is 0.0532. The summed E-state index contributed by atoms with van der Waals surface area (Å²) in [6.07, 6.45) is 0. The highest BCUT2D eigenvalue weighted by atomic mass is 35.5. The van der Waals surface area contributed by atoms with Crippen LogP contribution >= 0.6 is 11.6 Å². The third kappa shape index (κ3) is 4.04. The van der Waals surface area contributed by atoms with E-state index in [1.807, 2.05) is 0 Å². The first kappa shape index (κ1) is 18.8. The summed E-state index contributed by atoms with van der Waals surface area (Å²) in [4.78, 5) is 12.1. The number of hydrogen-bond acceptors (Lipinski definition) is 8. The molecule has 11 heteroatoms. The molecule has 1 aliphatic rings. The second-order valence-electron chi connectivity index (χ2n) is 5.45. The van der Waals surface area contributed by atoms with E-state index in [0.29, 0.717) is 19.1 Å². The van der Waals surface area contributed by atoms with Gasteiger partial charge in [-0.25, -0.2) is 13.2 Å². The Morgan fingerprint density at radius 1 is 1.31 bits per heavy atom. The number of carbonyl (C=O) groups excluding carboxylic acids is 1. The van der Waals surface area contributed by atoms with Crippen LogP contribution in [0.5, 0.6) is 0 Å². The van der Waals surface area contributed by atoms with Gasteiger partial charge >= 0.3 is 5.97 Å². The molecule has 1 fully saturated rings. The van der Waals surface area contributed by atoms with Crippen LogP contribution in [0.3, 0.4) is 0 Å². The van der Waals surface area contributed by atoms with Crippen LogP contribution in [0.25, 0.3) is 0 Å². The van der Waals surface area contributed by atoms with Crippen LogP contribution in [0.1, 0.15) is 22.1 Å². The molecule has 0 bridgehead atoms. The Bertz CT molecular complexity index is 908. The highest BCUT2D eigenvalue weighted by molar-refractivity contribution is 7.89. The molecule has 0 spiro atoms. The summed E-state index contributed by atoms with van der Waals surface area (Å²) in [5.74, 6) is -0.233. The van der Waals surface area contributed by atoms with Crippen molar-refractivity contribution in [2.45, 2.75) is 18.4 Å².